The Morgan fingerprint density at radius 1 is 1.35 bits per heavy atom. The van der Waals surface area contributed by atoms with Gasteiger partial charge in [-0.2, -0.15) is 0 Å². The van der Waals surface area contributed by atoms with E-state index in [0.717, 1.165) is 31.2 Å². The highest BCUT2D eigenvalue weighted by atomic mass is 16.2. The molecule has 1 aliphatic carbocycles. The van der Waals surface area contributed by atoms with Crippen molar-refractivity contribution in [3.63, 3.8) is 0 Å². The van der Waals surface area contributed by atoms with E-state index in [0.29, 0.717) is 13.1 Å². The van der Waals surface area contributed by atoms with Crippen LogP contribution in [0.1, 0.15) is 31.2 Å². The quantitative estimate of drug-likeness (QED) is 0.838. The zero-order valence-electron chi connectivity index (χ0n) is 12.0. The number of nitrogens with two attached hydrogens (primary N) is 1. The maximum atomic E-state index is 12.7. The summed E-state index contributed by atoms with van der Waals surface area (Å²) < 4.78 is 0. The molecule has 3 heteroatoms. The van der Waals surface area contributed by atoms with Gasteiger partial charge in [0, 0.05) is 25.0 Å². The van der Waals surface area contributed by atoms with Gasteiger partial charge in [0.2, 0.25) is 5.91 Å². The Labute approximate surface area is 121 Å². The molecule has 1 amide bonds. The third-order valence-electron chi connectivity index (χ3n) is 3.94. The third kappa shape index (κ3) is 3.94. The van der Waals surface area contributed by atoms with Crippen LogP contribution in [0.15, 0.2) is 43.0 Å². The zero-order valence-corrected chi connectivity index (χ0v) is 12.0. The molecule has 2 unspecified atom stereocenters. The second-order valence-corrected chi connectivity index (χ2v) is 5.62. The molecule has 1 aliphatic rings. The minimum Gasteiger partial charge on any atom is -0.334 e. The van der Waals surface area contributed by atoms with Crippen LogP contribution in [0, 0.1) is 5.92 Å². The fourth-order valence-corrected chi connectivity index (χ4v) is 2.90. The Morgan fingerprint density at radius 3 is 2.75 bits per heavy atom. The molecule has 2 rings (SSSR count). The molecular formula is C17H24N2O. The third-order valence-corrected chi connectivity index (χ3v) is 3.94. The summed E-state index contributed by atoms with van der Waals surface area (Å²) >= 11 is 0. The van der Waals surface area contributed by atoms with Gasteiger partial charge in [0.1, 0.15) is 0 Å². The van der Waals surface area contributed by atoms with Gasteiger partial charge in [-0.1, -0.05) is 42.8 Å². The largest absolute Gasteiger partial charge is 0.334 e. The summed E-state index contributed by atoms with van der Waals surface area (Å²) in [5.74, 6) is 0.311. The normalized spacial score (nSPS) is 22.2. The number of hydrogen-bond acceptors (Lipinski definition) is 2. The summed E-state index contributed by atoms with van der Waals surface area (Å²) in [6, 6.07) is 10.3. The number of carbonyl (C=O) groups is 1. The van der Waals surface area contributed by atoms with E-state index in [1.54, 1.807) is 6.08 Å². The van der Waals surface area contributed by atoms with Gasteiger partial charge in [0.05, 0.1) is 0 Å². The van der Waals surface area contributed by atoms with Crippen molar-refractivity contribution in [2.24, 2.45) is 11.7 Å². The molecule has 2 N–H and O–H groups in total. The molecule has 0 radical (unpaired) electrons. The average Bonchev–Trinajstić information content (AvgIpc) is 2.47. The molecule has 0 heterocycles. The van der Waals surface area contributed by atoms with Crippen molar-refractivity contribution in [1.29, 1.82) is 0 Å². The van der Waals surface area contributed by atoms with Crippen LogP contribution in [0.5, 0.6) is 0 Å². The van der Waals surface area contributed by atoms with E-state index in [1.165, 1.54) is 0 Å². The van der Waals surface area contributed by atoms with Crippen molar-refractivity contribution in [1.82, 2.24) is 4.90 Å². The van der Waals surface area contributed by atoms with Crippen LogP contribution in [0.3, 0.4) is 0 Å². The monoisotopic (exact) mass is 272 g/mol. The average molecular weight is 272 g/mol. The summed E-state index contributed by atoms with van der Waals surface area (Å²) in [6.07, 6.45) is 5.69. The number of rotatable bonds is 5. The molecule has 3 nitrogen and oxygen atoms in total. The number of hydrogen-bond donors (Lipinski definition) is 1. The second-order valence-electron chi connectivity index (χ2n) is 5.62. The van der Waals surface area contributed by atoms with Crippen LogP contribution in [-0.4, -0.2) is 23.4 Å². The summed E-state index contributed by atoms with van der Waals surface area (Å²) in [6.45, 7) is 5.01. The second kappa shape index (κ2) is 7.25. The molecule has 0 aliphatic heterocycles. The van der Waals surface area contributed by atoms with E-state index in [1.807, 2.05) is 23.1 Å². The van der Waals surface area contributed by atoms with Gasteiger partial charge in [-0.25, -0.2) is 0 Å². The molecule has 0 spiro atoms. The van der Waals surface area contributed by atoms with Crippen LogP contribution in [0.2, 0.25) is 0 Å². The van der Waals surface area contributed by atoms with Gasteiger partial charge in [0.25, 0.3) is 0 Å². The van der Waals surface area contributed by atoms with Crippen molar-refractivity contribution in [3.8, 4) is 0 Å². The van der Waals surface area contributed by atoms with E-state index in [9.17, 15) is 4.79 Å². The minimum absolute atomic E-state index is 0.0856. The lowest BCUT2D eigenvalue weighted by molar-refractivity contribution is -0.136. The Bertz CT molecular complexity index is 444. The van der Waals surface area contributed by atoms with Crippen molar-refractivity contribution < 1.29 is 4.79 Å². The molecule has 1 fully saturated rings. The first-order valence-corrected chi connectivity index (χ1v) is 7.40. The first-order valence-electron chi connectivity index (χ1n) is 7.40. The summed E-state index contributed by atoms with van der Waals surface area (Å²) in [7, 11) is 0. The van der Waals surface area contributed by atoms with Gasteiger partial charge in [-0.05, 0) is 24.8 Å². The van der Waals surface area contributed by atoms with Gasteiger partial charge >= 0.3 is 0 Å². The van der Waals surface area contributed by atoms with Gasteiger partial charge in [0.15, 0.2) is 0 Å². The summed E-state index contributed by atoms with van der Waals surface area (Å²) in [5.41, 5.74) is 7.15. The first kappa shape index (κ1) is 14.8. The summed E-state index contributed by atoms with van der Waals surface area (Å²) in [5, 5.41) is 0. The minimum atomic E-state index is 0.0856. The van der Waals surface area contributed by atoms with Crippen LogP contribution in [-0.2, 0) is 11.3 Å². The first-order chi connectivity index (χ1) is 9.70. The molecule has 1 saturated carbocycles. The number of amides is 1. The van der Waals surface area contributed by atoms with E-state index in [-0.39, 0.29) is 17.9 Å². The fourth-order valence-electron chi connectivity index (χ4n) is 2.90. The standard InChI is InChI=1S/C17H24N2O/c1-2-11-19(13-14-7-4-3-5-8-14)17(20)15-9-6-10-16(18)12-15/h2-5,7-8,15-16H,1,6,9-13,18H2. The van der Waals surface area contributed by atoms with Crippen LogP contribution >= 0.6 is 0 Å². The lowest BCUT2D eigenvalue weighted by atomic mass is 9.85. The topological polar surface area (TPSA) is 46.3 Å². The van der Waals surface area contributed by atoms with Crippen molar-refractivity contribution in [2.45, 2.75) is 38.3 Å². The lowest BCUT2D eigenvalue weighted by Gasteiger charge is -2.31. The van der Waals surface area contributed by atoms with E-state index in [4.69, 9.17) is 5.73 Å². The smallest absolute Gasteiger partial charge is 0.226 e. The Kier molecular flexibility index (Phi) is 5.36. The number of nitrogens with zero attached hydrogens (tertiary/aromatic N) is 1. The lowest BCUT2D eigenvalue weighted by Crippen LogP contribution is -2.40. The Hall–Kier alpha value is -1.61. The van der Waals surface area contributed by atoms with Gasteiger partial charge in [-0.3, -0.25) is 4.79 Å². The molecule has 0 bridgehead atoms. The highest BCUT2D eigenvalue weighted by Gasteiger charge is 2.28. The molecule has 108 valence electrons. The van der Waals surface area contributed by atoms with E-state index >= 15 is 0 Å². The maximum absolute atomic E-state index is 12.7. The fraction of sp³-hybridized carbons (Fsp3) is 0.471. The molecule has 0 aromatic heterocycles. The Balaban J connectivity index is 2.03. The molecular weight excluding hydrogens is 248 g/mol. The SMILES string of the molecule is C=CCN(Cc1ccccc1)C(=O)C1CCCC(N)C1. The highest BCUT2D eigenvalue weighted by Crippen LogP contribution is 2.25. The van der Waals surface area contributed by atoms with E-state index < -0.39 is 0 Å². The van der Waals surface area contributed by atoms with Gasteiger partial charge in [-0.15, -0.1) is 6.58 Å². The van der Waals surface area contributed by atoms with Crippen LogP contribution < -0.4 is 5.73 Å². The molecule has 1 aromatic rings. The predicted octanol–water partition coefficient (Wildman–Crippen LogP) is 2.72. The predicted molar refractivity (Wildman–Crippen MR) is 82.0 cm³/mol. The summed E-state index contributed by atoms with van der Waals surface area (Å²) in [4.78, 5) is 14.6. The molecule has 20 heavy (non-hydrogen) atoms. The Morgan fingerprint density at radius 2 is 2.10 bits per heavy atom. The van der Waals surface area contributed by atoms with Crippen molar-refractivity contribution >= 4 is 5.91 Å². The number of benzene rings is 1. The highest BCUT2D eigenvalue weighted by molar-refractivity contribution is 5.79. The number of carbonyl (C=O) groups excluding carboxylic acids is 1. The van der Waals surface area contributed by atoms with Crippen molar-refractivity contribution in [3.05, 3.63) is 48.6 Å². The molecule has 0 saturated heterocycles. The van der Waals surface area contributed by atoms with Crippen molar-refractivity contribution in [2.75, 3.05) is 6.54 Å². The van der Waals surface area contributed by atoms with Crippen LogP contribution in [0.4, 0.5) is 0 Å². The zero-order chi connectivity index (χ0) is 14.4. The molecule has 1 aromatic carbocycles. The van der Waals surface area contributed by atoms with E-state index in [2.05, 4.69) is 18.7 Å². The maximum Gasteiger partial charge on any atom is 0.226 e. The molecule has 2 atom stereocenters. The van der Waals surface area contributed by atoms with Gasteiger partial charge < -0.3 is 10.6 Å². The van der Waals surface area contributed by atoms with Crippen LogP contribution in [0.25, 0.3) is 0 Å².